The number of aryl methyl sites for hydroxylation is 1. The molecule has 4 nitrogen and oxygen atoms in total. The second-order valence-corrected chi connectivity index (χ2v) is 4.51. The number of benzene rings is 1. The van der Waals surface area contributed by atoms with Crippen molar-refractivity contribution in [2.75, 3.05) is 12.8 Å². The van der Waals surface area contributed by atoms with Gasteiger partial charge in [0.1, 0.15) is 5.75 Å². The first kappa shape index (κ1) is 11.6. The van der Waals surface area contributed by atoms with Gasteiger partial charge in [-0.25, -0.2) is 0 Å². The Bertz CT molecular complexity index is 729. The zero-order valence-corrected chi connectivity index (χ0v) is 10.9. The van der Waals surface area contributed by atoms with Crippen molar-refractivity contribution in [2.24, 2.45) is 0 Å². The smallest absolute Gasteiger partial charge is 0.120 e. The van der Waals surface area contributed by atoms with E-state index in [1.165, 1.54) is 0 Å². The first-order valence-electron chi connectivity index (χ1n) is 6.07. The molecule has 0 amide bonds. The molecule has 0 saturated carbocycles. The fourth-order valence-electron chi connectivity index (χ4n) is 2.32. The fourth-order valence-corrected chi connectivity index (χ4v) is 2.32. The second kappa shape index (κ2) is 4.31. The normalized spacial score (nSPS) is 10.8. The average Bonchev–Trinajstić information content (AvgIpc) is 2.74. The topological polar surface area (TPSA) is 63.9 Å². The summed E-state index contributed by atoms with van der Waals surface area (Å²) in [6.45, 7) is 2.04. The van der Waals surface area contributed by atoms with Crippen molar-refractivity contribution in [1.29, 1.82) is 0 Å². The lowest BCUT2D eigenvalue weighted by atomic mass is 10.1. The van der Waals surface area contributed by atoms with E-state index in [2.05, 4.69) is 9.97 Å². The molecule has 19 heavy (non-hydrogen) atoms. The zero-order chi connectivity index (χ0) is 13.4. The predicted octanol–water partition coefficient (Wildman–Crippen LogP) is 3.13. The van der Waals surface area contributed by atoms with Crippen LogP contribution < -0.4 is 10.5 Å². The van der Waals surface area contributed by atoms with Gasteiger partial charge in [-0.15, -0.1) is 0 Å². The monoisotopic (exact) mass is 253 g/mol. The van der Waals surface area contributed by atoms with E-state index in [4.69, 9.17) is 10.5 Å². The lowest BCUT2D eigenvalue weighted by Gasteiger charge is -2.02. The molecule has 0 bridgehead atoms. The molecule has 2 aromatic heterocycles. The highest BCUT2D eigenvalue weighted by molar-refractivity contribution is 5.97. The Morgan fingerprint density at radius 3 is 2.74 bits per heavy atom. The number of hydrogen-bond donors (Lipinski definition) is 2. The van der Waals surface area contributed by atoms with E-state index in [9.17, 15) is 0 Å². The molecule has 0 fully saturated rings. The van der Waals surface area contributed by atoms with Crippen LogP contribution >= 0.6 is 0 Å². The maximum atomic E-state index is 5.68. The molecule has 0 unspecified atom stereocenters. The molecule has 0 atom stereocenters. The molecule has 0 spiro atoms. The number of pyridine rings is 1. The van der Waals surface area contributed by atoms with Gasteiger partial charge in [0, 0.05) is 28.2 Å². The molecule has 0 aliphatic rings. The quantitative estimate of drug-likeness (QED) is 0.737. The van der Waals surface area contributed by atoms with Gasteiger partial charge in [0.2, 0.25) is 0 Å². The van der Waals surface area contributed by atoms with Gasteiger partial charge in [0.15, 0.2) is 0 Å². The minimum absolute atomic E-state index is 0.669. The van der Waals surface area contributed by atoms with Crippen LogP contribution in [0.5, 0.6) is 5.75 Å². The maximum Gasteiger partial charge on any atom is 0.120 e. The van der Waals surface area contributed by atoms with E-state index < -0.39 is 0 Å². The molecule has 3 rings (SSSR count). The summed E-state index contributed by atoms with van der Waals surface area (Å²) in [5, 5.41) is 1.13. The van der Waals surface area contributed by atoms with Gasteiger partial charge in [0.25, 0.3) is 0 Å². The van der Waals surface area contributed by atoms with E-state index in [0.29, 0.717) is 5.69 Å². The molecule has 2 heterocycles. The highest BCUT2D eigenvalue weighted by atomic mass is 16.5. The van der Waals surface area contributed by atoms with Crippen molar-refractivity contribution in [3.8, 4) is 17.0 Å². The molecule has 0 aliphatic heterocycles. The van der Waals surface area contributed by atoms with Crippen LogP contribution in [0.1, 0.15) is 5.69 Å². The highest BCUT2D eigenvalue weighted by Gasteiger charge is 2.12. The summed E-state index contributed by atoms with van der Waals surface area (Å²) in [5.74, 6) is 0.838. The summed E-state index contributed by atoms with van der Waals surface area (Å²) in [7, 11) is 1.67. The summed E-state index contributed by atoms with van der Waals surface area (Å²) in [4.78, 5) is 7.76. The third kappa shape index (κ3) is 1.91. The number of ether oxygens (including phenoxy) is 1. The van der Waals surface area contributed by atoms with E-state index in [1.807, 2.05) is 37.3 Å². The van der Waals surface area contributed by atoms with Crippen LogP contribution in [0.3, 0.4) is 0 Å². The molecule has 3 N–H and O–H groups in total. The number of nitrogen functional groups attached to an aromatic ring is 1. The molecule has 1 aromatic carbocycles. The van der Waals surface area contributed by atoms with Crippen molar-refractivity contribution >= 4 is 16.6 Å². The van der Waals surface area contributed by atoms with Gasteiger partial charge in [0.05, 0.1) is 24.7 Å². The van der Waals surface area contributed by atoms with Crippen molar-refractivity contribution < 1.29 is 4.74 Å². The van der Waals surface area contributed by atoms with Crippen LogP contribution in [0.2, 0.25) is 0 Å². The summed E-state index contributed by atoms with van der Waals surface area (Å²) >= 11 is 0. The summed E-state index contributed by atoms with van der Waals surface area (Å²) in [6.07, 6.45) is 1.68. The van der Waals surface area contributed by atoms with Crippen LogP contribution in [0.4, 0.5) is 5.69 Å². The molecular formula is C15H15N3O. The van der Waals surface area contributed by atoms with Crippen LogP contribution in [0.25, 0.3) is 22.2 Å². The lowest BCUT2D eigenvalue weighted by molar-refractivity contribution is 0.415. The number of nitrogens with two attached hydrogens (primary N) is 1. The number of hydrogen-bond acceptors (Lipinski definition) is 3. The van der Waals surface area contributed by atoms with Crippen molar-refractivity contribution in [1.82, 2.24) is 9.97 Å². The first-order chi connectivity index (χ1) is 9.19. The number of anilines is 1. The molecular weight excluding hydrogens is 238 g/mol. The van der Waals surface area contributed by atoms with Crippen LogP contribution in [0, 0.1) is 6.92 Å². The van der Waals surface area contributed by atoms with E-state index in [1.54, 1.807) is 13.3 Å². The van der Waals surface area contributed by atoms with E-state index in [-0.39, 0.29) is 0 Å². The zero-order valence-electron chi connectivity index (χ0n) is 10.9. The van der Waals surface area contributed by atoms with Gasteiger partial charge in [-0.3, -0.25) is 4.98 Å². The lowest BCUT2D eigenvalue weighted by Crippen LogP contribution is -1.88. The minimum atomic E-state index is 0.669. The maximum absolute atomic E-state index is 5.68. The number of fused-ring (bicyclic) bond motifs is 1. The number of nitrogens with one attached hydrogen (secondary N) is 1. The Labute approximate surface area is 111 Å². The molecule has 96 valence electrons. The van der Waals surface area contributed by atoms with Crippen molar-refractivity contribution in [2.45, 2.75) is 6.92 Å². The van der Waals surface area contributed by atoms with Gasteiger partial charge < -0.3 is 15.5 Å². The van der Waals surface area contributed by atoms with Gasteiger partial charge >= 0.3 is 0 Å². The number of H-pyrrole nitrogens is 1. The third-order valence-electron chi connectivity index (χ3n) is 3.24. The van der Waals surface area contributed by atoms with Gasteiger partial charge in [-0.05, 0) is 31.2 Å². The number of rotatable bonds is 2. The largest absolute Gasteiger partial charge is 0.497 e. The molecule has 4 heteroatoms. The van der Waals surface area contributed by atoms with Crippen molar-refractivity contribution in [3.63, 3.8) is 0 Å². The summed E-state index contributed by atoms with van der Waals surface area (Å²) in [6, 6.07) is 9.80. The second-order valence-electron chi connectivity index (χ2n) is 4.51. The Balaban J connectivity index is 2.23. The third-order valence-corrected chi connectivity index (χ3v) is 3.24. The minimum Gasteiger partial charge on any atom is -0.497 e. The van der Waals surface area contributed by atoms with Crippen molar-refractivity contribution in [3.05, 3.63) is 42.2 Å². The van der Waals surface area contributed by atoms with E-state index in [0.717, 1.165) is 33.6 Å². The number of methoxy groups -OCH3 is 1. The molecule has 0 aliphatic carbocycles. The predicted molar refractivity (Wildman–Crippen MR) is 77.2 cm³/mol. The fraction of sp³-hybridized carbons (Fsp3) is 0.133. The molecule has 3 aromatic rings. The Hall–Kier alpha value is -2.49. The standard InChI is InChI=1S/C15H15N3O/c1-9-15(13-6-3-10(16)8-17-13)12-5-4-11(19-2)7-14(12)18-9/h3-8,18H,16H2,1-2H3. The number of nitrogens with zero attached hydrogens (tertiary/aromatic N) is 1. The highest BCUT2D eigenvalue weighted by Crippen LogP contribution is 2.32. The Kier molecular flexibility index (Phi) is 2.63. The Morgan fingerprint density at radius 1 is 1.21 bits per heavy atom. The first-order valence-corrected chi connectivity index (χ1v) is 6.07. The SMILES string of the molecule is COc1ccc2c(-c3ccc(N)cn3)c(C)[nH]c2c1. The summed E-state index contributed by atoms with van der Waals surface area (Å²) in [5.41, 5.74) is 10.5. The van der Waals surface area contributed by atoms with Gasteiger partial charge in [-0.2, -0.15) is 0 Å². The molecule has 0 saturated heterocycles. The van der Waals surface area contributed by atoms with Crippen LogP contribution in [0.15, 0.2) is 36.5 Å². The number of aromatic amines is 1. The molecule has 0 radical (unpaired) electrons. The Morgan fingerprint density at radius 2 is 2.05 bits per heavy atom. The van der Waals surface area contributed by atoms with Gasteiger partial charge in [-0.1, -0.05) is 0 Å². The number of aromatic nitrogens is 2. The van der Waals surface area contributed by atoms with E-state index >= 15 is 0 Å². The van der Waals surface area contributed by atoms with Crippen LogP contribution in [-0.4, -0.2) is 17.1 Å². The summed E-state index contributed by atoms with van der Waals surface area (Å²) < 4.78 is 5.24. The average molecular weight is 253 g/mol. The van der Waals surface area contributed by atoms with Crippen LogP contribution in [-0.2, 0) is 0 Å².